The van der Waals surface area contributed by atoms with Crippen LogP contribution in [0.1, 0.15) is 40.7 Å². The van der Waals surface area contributed by atoms with Gasteiger partial charge in [0.1, 0.15) is 0 Å². The number of hydrogen-bond acceptors (Lipinski definition) is 2. The van der Waals surface area contributed by atoms with Crippen LogP contribution in [0.15, 0.2) is 85.2 Å². The summed E-state index contributed by atoms with van der Waals surface area (Å²) < 4.78 is 0. The molecule has 5 heteroatoms. The third-order valence-electron chi connectivity index (χ3n) is 5.96. The van der Waals surface area contributed by atoms with E-state index >= 15 is 0 Å². The second kappa shape index (κ2) is 8.19. The van der Waals surface area contributed by atoms with Gasteiger partial charge in [-0.3, -0.25) is 9.59 Å². The van der Waals surface area contributed by atoms with Crippen LogP contribution in [0.4, 0.5) is 5.69 Å². The fraction of sp³-hybridized carbons (Fsp3) is 0.111. The Kier molecular flexibility index (Phi) is 5.07. The molecule has 5 rings (SSSR count). The molecule has 3 aromatic carbocycles. The molecule has 2 aromatic heterocycles. The topological polar surface area (TPSA) is 77.8 Å². The molecular formula is C27H23N3O2. The largest absolute Gasteiger partial charge is 0.361 e. The molecule has 32 heavy (non-hydrogen) atoms. The van der Waals surface area contributed by atoms with Crippen molar-refractivity contribution in [3.05, 3.63) is 102 Å². The minimum Gasteiger partial charge on any atom is -0.361 e. The van der Waals surface area contributed by atoms with Crippen molar-refractivity contribution in [3.8, 4) is 0 Å². The number of ketones is 1. The molecule has 3 N–H and O–H groups in total. The highest BCUT2D eigenvalue weighted by molar-refractivity contribution is 6.04. The number of Topliss-reactive ketones (excluding diaryl/α,β-unsaturated/α-hetero) is 1. The predicted molar refractivity (Wildman–Crippen MR) is 128 cm³/mol. The molecule has 0 saturated carbocycles. The number of hydrogen-bond donors (Lipinski definition) is 3. The van der Waals surface area contributed by atoms with Crippen LogP contribution >= 0.6 is 0 Å². The zero-order chi connectivity index (χ0) is 22.1. The molecular weight excluding hydrogens is 398 g/mol. The molecule has 1 amide bonds. The van der Waals surface area contributed by atoms with Gasteiger partial charge in [-0.25, -0.2) is 0 Å². The Bertz CT molecular complexity index is 1370. The Labute approximate surface area is 185 Å². The third kappa shape index (κ3) is 3.58. The summed E-state index contributed by atoms with van der Waals surface area (Å²) in [4.78, 5) is 31.9. The van der Waals surface area contributed by atoms with Crippen molar-refractivity contribution in [2.75, 3.05) is 5.32 Å². The number of rotatable bonds is 6. The summed E-state index contributed by atoms with van der Waals surface area (Å²) >= 11 is 0. The van der Waals surface area contributed by atoms with Gasteiger partial charge in [0.05, 0.1) is 5.69 Å². The molecule has 0 spiro atoms. The maximum absolute atomic E-state index is 13.2. The fourth-order valence-electron chi connectivity index (χ4n) is 4.44. The van der Waals surface area contributed by atoms with Crippen molar-refractivity contribution in [1.82, 2.24) is 9.97 Å². The highest BCUT2D eigenvalue weighted by atomic mass is 16.1. The van der Waals surface area contributed by atoms with Crippen molar-refractivity contribution in [2.24, 2.45) is 0 Å². The zero-order valence-corrected chi connectivity index (χ0v) is 17.7. The van der Waals surface area contributed by atoms with Crippen molar-refractivity contribution in [2.45, 2.75) is 19.3 Å². The van der Waals surface area contributed by atoms with Gasteiger partial charge in [0, 0.05) is 52.1 Å². The molecule has 0 aliphatic carbocycles. The summed E-state index contributed by atoms with van der Waals surface area (Å²) in [6.45, 7) is 1.51. The Morgan fingerprint density at radius 3 is 1.91 bits per heavy atom. The molecule has 0 unspecified atom stereocenters. The van der Waals surface area contributed by atoms with Gasteiger partial charge in [-0.15, -0.1) is 0 Å². The van der Waals surface area contributed by atoms with Gasteiger partial charge in [0.25, 0.3) is 0 Å². The Morgan fingerprint density at radius 2 is 1.31 bits per heavy atom. The van der Waals surface area contributed by atoms with Crippen LogP contribution in [0.2, 0.25) is 0 Å². The first kappa shape index (κ1) is 19.8. The number of fused-ring (bicyclic) bond motifs is 2. The van der Waals surface area contributed by atoms with Crippen LogP contribution in [0.5, 0.6) is 0 Å². The standard InChI is InChI=1S/C27H23N3O2/c1-17(31)18-8-2-7-13-26(18)30-27(32)14-21(22-15-28-24-11-5-3-9-19(22)24)23-16-29-25-12-6-4-10-20(23)25/h2-13,15-16,21,28-29H,14H2,1H3,(H,30,32). The van der Waals surface area contributed by atoms with Gasteiger partial charge in [-0.1, -0.05) is 48.5 Å². The van der Waals surface area contributed by atoms with Gasteiger partial charge in [-0.2, -0.15) is 0 Å². The van der Waals surface area contributed by atoms with Crippen LogP contribution in [0.3, 0.4) is 0 Å². The summed E-state index contributed by atoms with van der Waals surface area (Å²) in [6, 6.07) is 23.3. The lowest BCUT2D eigenvalue weighted by Crippen LogP contribution is -2.17. The second-order valence-corrected chi connectivity index (χ2v) is 7.99. The second-order valence-electron chi connectivity index (χ2n) is 7.99. The first-order chi connectivity index (χ1) is 15.6. The lowest BCUT2D eigenvalue weighted by Gasteiger charge is -2.17. The van der Waals surface area contributed by atoms with E-state index in [1.807, 2.05) is 54.9 Å². The van der Waals surface area contributed by atoms with Gasteiger partial charge < -0.3 is 15.3 Å². The van der Waals surface area contributed by atoms with Crippen molar-refractivity contribution < 1.29 is 9.59 Å². The zero-order valence-electron chi connectivity index (χ0n) is 17.7. The fourth-order valence-corrected chi connectivity index (χ4v) is 4.44. The molecule has 0 fully saturated rings. The molecule has 2 heterocycles. The SMILES string of the molecule is CC(=O)c1ccccc1NC(=O)CC(c1c[nH]c2ccccc12)c1c[nH]c2ccccc12. The number of benzene rings is 3. The summed E-state index contributed by atoms with van der Waals surface area (Å²) in [7, 11) is 0. The number of aromatic nitrogens is 2. The van der Waals surface area contributed by atoms with Gasteiger partial charge in [0.15, 0.2) is 5.78 Å². The van der Waals surface area contributed by atoms with Crippen molar-refractivity contribution in [1.29, 1.82) is 0 Å². The van der Waals surface area contributed by atoms with Crippen LogP contribution < -0.4 is 5.32 Å². The third-order valence-corrected chi connectivity index (χ3v) is 5.96. The Hall–Kier alpha value is -4.12. The summed E-state index contributed by atoms with van der Waals surface area (Å²) in [6.07, 6.45) is 4.23. The van der Waals surface area contributed by atoms with E-state index in [-0.39, 0.29) is 24.0 Å². The highest BCUT2D eigenvalue weighted by Gasteiger charge is 2.24. The van der Waals surface area contributed by atoms with E-state index < -0.39 is 0 Å². The highest BCUT2D eigenvalue weighted by Crippen LogP contribution is 2.37. The molecule has 0 radical (unpaired) electrons. The van der Waals surface area contributed by atoms with E-state index in [4.69, 9.17) is 0 Å². The Morgan fingerprint density at radius 1 is 0.781 bits per heavy atom. The molecule has 5 nitrogen and oxygen atoms in total. The normalized spacial score (nSPS) is 11.3. The number of nitrogens with one attached hydrogen (secondary N) is 3. The lowest BCUT2D eigenvalue weighted by atomic mass is 9.87. The molecule has 158 valence electrons. The first-order valence-corrected chi connectivity index (χ1v) is 10.6. The van der Waals surface area contributed by atoms with E-state index in [2.05, 4.69) is 27.4 Å². The maximum Gasteiger partial charge on any atom is 0.225 e. The number of carbonyl (C=O) groups is 2. The molecule has 0 atom stereocenters. The van der Waals surface area contributed by atoms with E-state index in [9.17, 15) is 9.59 Å². The number of H-pyrrole nitrogens is 2. The van der Waals surface area contributed by atoms with Crippen LogP contribution in [-0.2, 0) is 4.79 Å². The van der Waals surface area contributed by atoms with E-state index in [1.165, 1.54) is 6.92 Å². The van der Waals surface area contributed by atoms with Crippen molar-refractivity contribution in [3.63, 3.8) is 0 Å². The van der Waals surface area contributed by atoms with E-state index in [1.54, 1.807) is 18.2 Å². The summed E-state index contributed by atoms with van der Waals surface area (Å²) in [5.74, 6) is -0.378. The molecule has 0 aliphatic rings. The van der Waals surface area contributed by atoms with E-state index in [0.29, 0.717) is 11.3 Å². The average Bonchev–Trinajstić information content (AvgIpc) is 3.42. The molecule has 0 saturated heterocycles. The molecule has 0 bridgehead atoms. The summed E-state index contributed by atoms with van der Waals surface area (Å²) in [5, 5.41) is 5.16. The molecule has 5 aromatic rings. The number of aromatic amines is 2. The minimum absolute atomic E-state index is 0.0780. The number of anilines is 1. The van der Waals surface area contributed by atoms with Crippen molar-refractivity contribution >= 4 is 39.2 Å². The van der Waals surface area contributed by atoms with Gasteiger partial charge >= 0.3 is 0 Å². The van der Waals surface area contributed by atoms with Gasteiger partial charge in [0.2, 0.25) is 5.91 Å². The van der Waals surface area contributed by atoms with Gasteiger partial charge in [-0.05, 0) is 42.3 Å². The quantitative estimate of drug-likeness (QED) is 0.294. The number of amides is 1. The Balaban J connectivity index is 1.55. The molecule has 0 aliphatic heterocycles. The van der Waals surface area contributed by atoms with Crippen LogP contribution in [-0.4, -0.2) is 21.7 Å². The predicted octanol–water partition coefficient (Wildman–Crippen LogP) is 6.01. The minimum atomic E-state index is -0.160. The monoisotopic (exact) mass is 421 g/mol. The van der Waals surface area contributed by atoms with Crippen LogP contribution in [0.25, 0.3) is 21.8 Å². The number of para-hydroxylation sites is 3. The van der Waals surface area contributed by atoms with Crippen LogP contribution in [0, 0.1) is 0 Å². The first-order valence-electron chi connectivity index (χ1n) is 10.6. The average molecular weight is 422 g/mol. The maximum atomic E-state index is 13.2. The summed E-state index contributed by atoms with van der Waals surface area (Å²) in [5.41, 5.74) is 5.27. The smallest absolute Gasteiger partial charge is 0.225 e. The number of carbonyl (C=O) groups excluding carboxylic acids is 2. The van der Waals surface area contributed by atoms with E-state index in [0.717, 1.165) is 32.9 Å². The lowest BCUT2D eigenvalue weighted by molar-refractivity contribution is -0.116.